The molecule has 98 valence electrons. The maximum Gasteiger partial charge on any atom is 0.257 e. The van der Waals surface area contributed by atoms with E-state index in [0.29, 0.717) is 16.6 Å². The molecule has 18 heavy (non-hydrogen) atoms. The molecule has 1 amide bonds. The molecule has 0 heterocycles. The topological polar surface area (TPSA) is 66.6 Å². The van der Waals surface area contributed by atoms with E-state index in [1.54, 1.807) is 13.1 Å². The highest BCUT2D eigenvalue weighted by molar-refractivity contribution is 7.80. The SMILES string of the molecule is CC(CN(C)C(=O)c1ccc(Cl)cc1O)C(N)=S. The van der Waals surface area contributed by atoms with Gasteiger partial charge < -0.3 is 15.7 Å². The molecule has 3 N–H and O–H groups in total. The van der Waals surface area contributed by atoms with E-state index in [0.717, 1.165) is 0 Å². The van der Waals surface area contributed by atoms with Crippen LogP contribution in [-0.2, 0) is 0 Å². The normalized spacial score (nSPS) is 11.9. The van der Waals surface area contributed by atoms with Crippen LogP contribution in [0.5, 0.6) is 5.75 Å². The number of phenolic OH excluding ortho intramolecular Hbond substituents is 1. The van der Waals surface area contributed by atoms with Gasteiger partial charge in [-0.2, -0.15) is 0 Å². The van der Waals surface area contributed by atoms with Crippen molar-refractivity contribution < 1.29 is 9.90 Å². The van der Waals surface area contributed by atoms with E-state index >= 15 is 0 Å². The standard InChI is InChI=1S/C12H15ClN2O2S/c1-7(11(14)18)6-15(2)12(17)9-4-3-8(13)5-10(9)16/h3-5,7,16H,6H2,1-2H3,(H2,14,18). The Kier molecular flexibility index (Phi) is 4.93. The van der Waals surface area contributed by atoms with E-state index in [4.69, 9.17) is 29.6 Å². The Balaban J connectivity index is 2.83. The number of hydrogen-bond acceptors (Lipinski definition) is 3. The quantitative estimate of drug-likeness (QED) is 0.831. The number of phenols is 1. The van der Waals surface area contributed by atoms with E-state index in [2.05, 4.69) is 0 Å². The summed E-state index contributed by atoms with van der Waals surface area (Å²) in [4.78, 5) is 13.9. The van der Waals surface area contributed by atoms with Crippen LogP contribution in [-0.4, -0.2) is 34.5 Å². The maximum atomic E-state index is 12.1. The van der Waals surface area contributed by atoms with Crippen LogP contribution in [0.15, 0.2) is 18.2 Å². The van der Waals surface area contributed by atoms with Gasteiger partial charge in [0.15, 0.2) is 0 Å². The van der Waals surface area contributed by atoms with E-state index in [1.165, 1.54) is 17.0 Å². The Morgan fingerprint density at radius 1 is 1.61 bits per heavy atom. The van der Waals surface area contributed by atoms with E-state index in [9.17, 15) is 9.90 Å². The smallest absolute Gasteiger partial charge is 0.257 e. The van der Waals surface area contributed by atoms with Gasteiger partial charge in [-0.05, 0) is 18.2 Å². The predicted octanol–water partition coefficient (Wildman–Crippen LogP) is 2.04. The molecule has 0 saturated carbocycles. The average Bonchev–Trinajstić information content (AvgIpc) is 2.27. The van der Waals surface area contributed by atoms with Gasteiger partial charge in [-0.25, -0.2) is 0 Å². The summed E-state index contributed by atoms with van der Waals surface area (Å²) in [5.74, 6) is -0.516. The minimum atomic E-state index is -0.299. The molecule has 1 unspecified atom stereocenters. The molecule has 0 spiro atoms. The first-order valence-corrected chi connectivity index (χ1v) is 6.15. The van der Waals surface area contributed by atoms with Gasteiger partial charge in [0.2, 0.25) is 0 Å². The molecule has 0 fully saturated rings. The van der Waals surface area contributed by atoms with Gasteiger partial charge in [-0.3, -0.25) is 4.79 Å². The van der Waals surface area contributed by atoms with Crippen molar-refractivity contribution in [3.8, 4) is 5.75 Å². The molecule has 0 aromatic heterocycles. The van der Waals surface area contributed by atoms with Crippen molar-refractivity contribution in [3.63, 3.8) is 0 Å². The summed E-state index contributed by atoms with van der Waals surface area (Å²) in [5.41, 5.74) is 5.71. The van der Waals surface area contributed by atoms with Crippen molar-refractivity contribution in [3.05, 3.63) is 28.8 Å². The largest absolute Gasteiger partial charge is 0.507 e. The Morgan fingerprint density at radius 3 is 2.72 bits per heavy atom. The van der Waals surface area contributed by atoms with Crippen molar-refractivity contribution in [2.24, 2.45) is 11.7 Å². The van der Waals surface area contributed by atoms with Crippen LogP contribution >= 0.6 is 23.8 Å². The van der Waals surface area contributed by atoms with Crippen LogP contribution in [0.25, 0.3) is 0 Å². The van der Waals surface area contributed by atoms with Gasteiger partial charge in [0.05, 0.1) is 10.6 Å². The number of aromatic hydroxyl groups is 1. The molecular formula is C12H15ClN2O2S. The molecule has 0 radical (unpaired) electrons. The molecule has 1 aromatic carbocycles. The molecule has 0 bridgehead atoms. The zero-order valence-electron chi connectivity index (χ0n) is 10.2. The first kappa shape index (κ1) is 14.7. The van der Waals surface area contributed by atoms with Crippen LogP contribution in [0.2, 0.25) is 5.02 Å². The van der Waals surface area contributed by atoms with E-state index < -0.39 is 0 Å². The maximum absolute atomic E-state index is 12.1. The minimum Gasteiger partial charge on any atom is -0.507 e. The van der Waals surface area contributed by atoms with Crippen LogP contribution in [0.1, 0.15) is 17.3 Å². The van der Waals surface area contributed by atoms with Gasteiger partial charge in [0.1, 0.15) is 5.75 Å². The lowest BCUT2D eigenvalue weighted by molar-refractivity contribution is 0.0784. The van der Waals surface area contributed by atoms with Crippen molar-refractivity contribution in [2.45, 2.75) is 6.92 Å². The third-order valence-corrected chi connectivity index (χ3v) is 3.21. The molecule has 1 atom stereocenters. The fraction of sp³-hybridized carbons (Fsp3) is 0.333. The summed E-state index contributed by atoms with van der Waals surface area (Å²) in [6.07, 6.45) is 0. The monoisotopic (exact) mass is 286 g/mol. The van der Waals surface area contributed by atoms with Crippen LogP contribution in [0.4, 0.5) is 0 Å². The predicted molar refractivity (Wildman–Crippen MR) is 76.0 cm³/mol. The molecule has 1 rings (SSSR count). The van der Waals surface area contributed by atoms with Gasteiger partial charge in [-0.1, -0.05) is 30.7 Å². The Bertz CT molecular complexity index is 479. The molecule has 1 aromatic rings. The Morgan fingerprint density at radius 2 is 2.22 bits per heavy atom. The first-order chi connectivity index (χ1) is 8.32. The average molecular weight is 287 g/mol. The molecule has 0 aliphatic carbocycles. The van der Waals surface area contributed by atoms with Gasteiger partial charge in [-0.15, -0.1) is 0 Å². The van der Waals surface area contributed by atoms with Crippen molar-refractivity contribution >= 4 is 34.7 Å². The van der Waals surface area contributed by atoms with E-state index in [1.807, 2.05) is 6.92 Å². The summed E-state index contributed by atoms with van der Waals surface area (Å²) in [6.45, 7) is 2.24. The number of amides is 1. The highest BCUT2D eigenvalue weighted by Crippen LogP contribution is 2.23. The second-order valence-corrected chi connectivity index (χ2v) is 5.06. The zero-order valence-corrected chi connectivity index (χ0v) is 11.8. The number of carbonyl (C=O) groups is 1. The van der Waals surface area contributed by atoms with Crippen LogP contribution in [0.3, 0.4) is 0 Å². The van der Waals surface area contributed by atoms with Crippen molar-refractivity contribution in [1.29, 1.82) is 0 Å². The second kappa shape index (κ2) is 6.02. The lowest BCUT2D eigenvalue weighted by Crippen LogP contribution is -2.35. The number of nitrogens with zero attached hydrogens (tertiary/aromatic N) is 1. The summed E-state index contributed by atoms with van der Waals surface area (Å²) < 4.78 is 0. The van der Waals surface area contributed by atoms with Crippen LogP contribution in [0, 0.1) is 5.92 Å². The summed E-state index contributed by atoms with van der Waals surface area (Å²) in [7, 11) is 1.63. The highest BCUT2D eigenvalue weighted by Gasteiger charge is 2.18. The van der Waals surface area contributed by atoms with Gasteiger partial charge in [0.25, 0.3) is 5.91 Å². The third kappa shape index (κ3) is 3.58. The summed E-state index contributed by atoms with van der Waals surface area (Å²) in [6, 6.07) is 4.38. The summed E-state index contributed by atoms with van der Waals surface area (Å²) >= 11 is 10.6. The zero-order chi connectivity index (χ0) is 13.9. The number of halogens is 1. The molecule has 4 nitrogen and oxygen atoms in total. The molecule has 0 aliphatic rings. The molecule has 0 saturated heterocycles. The van der Waals surface area contributed by atoms with Gasteiger partial charge >= 0.3 is 0 Å². The molecular weight excluding hydrogens is 272 g/mol. The molecule has 0 aliphatic heterocycles. The number of benzene rings is 1. The Labute approximate surface area is 116 Å². The number of nitrogens with two attached hydrogens (primary N) is 1. The Hall–Kier alpha value is -1.33. The van der Waals surface area contributed by atoms with E-state index in [-0.39, 0.29) is 23.1 Å². The van der Waals surface area contributed by atoms with Crippen molar-refractivity contribution in [1.82, 2.24) is 4.90 Å². The van der Waals surface area contributed by atoms with Gasteiger partial charge in [0, 0.05) is 24.5 Å². The first-order valence-electron chi connectivity index (χ1n) is 5.36. The lowest BCUT2D eigenvalue weighted by Gasteiger charge is -2.21. The number of rotatable bonds is 4. The highest BCUT2D eigenvalue weighted by atomic mass is 35.5. The minimum absolute atomic E-state index is 0.0802. The number of carbonyl (C=O) groups excluding carboxylic acids is 1. The van der Waals surface area contributed by atoms with Crippen LogP contribution < -0.4 is 5.73 Å². The fourth-order valence-electron chi connectivity index (χ4n) is 1.47. The fourth-order valence-corrected chi connectivity index (χ4v) is 1.72. The van der Waals surface area contributed by atoms with Crippen molar-refractivity contribution in [2.75, 3.05) is 13.6 Å². The number of thiocarbonyl (C=S) groups is 1. The summed E-state index contributed by atoms with van der Waals surface area (Å²) in [5, 5.41) is 10.0. The lowest BCUT2D eigenvalue weighted by atomic mass is 10.1. The number of hydrogen-bond donors (Lipinski definition) is 2. The third-order valence-electron chi connectivity index (χ3n) is 2.57. The second-order valence-electron chi connectivity index (χ2n) is 4.15. The molecule has 6 heteroatoms.